The van der Waals surface area contributed by atoms with Crippen molar-refractivity contribution in [1.82, 2.24) is 0 Å². The highest BCUT2D eigenvalue weighted by atomic mass is 79.9. The summed E-state index contributed by atoms with van der Waals surface area (Å²) in [4.78, 5) is 13.7. The largest absolute Gasteiger partial charge is 0.481 e. The van der Waals surface area contributed by atoms with Gasteiger partial charge in [0, 0.05) is 23.2 Å². The summed E-state index contributed by atoms with van der Waals surface area (Å²) in [5, 5.41) is 9.38. The molecule has 0 aliphatic carbocycles. The molecule has 0 fully saturated rings. The number of aliphatic carboxylic acids is 1. The number of para-hydroxylation sites is 1. The van der Waals surface area contributed by atoms with E-state index in [0.29, 0.717) is 6.42 Å². The zero-order chi connectivity index (χ0) is 14.8. The number of carboxylic acid groups (broad SMARTS) is 1. The Bertz CT molecular complexity index is 671. The fourth-order valence-corrected chi connectivity index (χ4v) is 3.29. The molecule has 3 nitrogen and oxygen atoms in total. The van der Waals surface area contributed by atoms with E-state index in [1.165, 1.54) is 5.56 Å². The third kappa shape index (κ3) is 2.81. The topological polar surface area (TPSA) is 40.5 Å². The van der Waals surface area contributed by atoms with Crippen LogP contribution in [0, 0.1) is 0 Å². The van der Waals surface area contributed by atoms with Crippen molar-refractivity contribution in [2.45, 2.75) is 18.9 Å². The number of benzene rings is 2. The van der Waals surface area contributed by atoms with Gasteiger partial charge >= 0.3 is 5.97 Å². The minimum absolute atomic E-state index is 0.392. The molecule has 2 aromatic carbocycles. The van der Waals surface area contributed by atoms with Crippen LogP contribution in [0.3, 0.4) is 0 Å². The SMILES string of the molecule is O=C(O)C1CCN(Cc2ccccc2Br)c2ccccc21. The molecule has 108 valence electrons. The molecule has 0 amide bonds. The first-order valence-corrected chi connectivity index (χ1v) is 7.76. The van der Waals surface area contributed by atoms with Gasteiger partial charge in [0.1, 0.15) is 0 Å². The van der Waals surface area contributed by atoms with Gasteiger partial charge in [-0.2, -0.15) is 0 Å². The molecule has 1 heterocycles. The highest BCUT2D eigenvalue weighted by Crippen LogP contribution is 2.36. The van der Waals surface area contributed by atoms with Crippen LogP contribution in [0.2, 0.25) is 0 Å². The van der Waals surface area contributed by atoms with E-state index >= 15 is 0 Å². The molecular formula is C17H16BrNO2. The van der Waals surface area contributed by atoms with Gasteiger partial charge in [0.2, 0.25) is 0 Å². The van der Waals surface area contributed by atoms with E-state index in [-0.39, 0.29) is 0 Å². The molecule has 1 N–H and O–H groups in total. The van der Waals surface area contributed by atoms with Gasteiger partial charge in [-0.25, -0.2) is 0 Å². The first-order valence-electron chi connectivity index (χ1n) is 6.97. The number of hydrogen-bond donors (Lipinski definition) is 1. The Labute approximate surface area is 132 Å². The Morgan fingerprint density at radius 3 is 2.67 bits per heavy atom. The third-order valence-corrected chi connectivity index (χ3v) is 4.73. The van der Waals surface area contributed by atoms with E-state index in [1.807, 2.05) is 42.5 Å². The van der Waals surface area contributed by atoms with Crippen molar-refractivity contribution in [3.05, 3.63) is 64.1 Å². The number of rotatable bonds is 3. The molecule has 2 aromatic rings. The van der Waals surface area contributed by atoms with Crippen LogP contribution >= 0.6 is 15.9 Å². The second-order valence-electron chi connectivity index (χ2n) is 5.25. The van der Waals surface area contributed by atoms with Crippen molar-refractivity contribution >= 4 is 27.6 Å². The lowest BCUT2D eigenvalue weighted by Crippen LogP contribution is -2.33. The lowest BCUT2D eigenvalue weighted by atomic mass is 9.90. The summed E-state index contributed by atoms with van der Waals surface area (Å²) < 4.78 is 1.09. The minimum atomic E-state index is -0.733. The summed E-state index contributed by atoms with van der Waals surface area (Å²) in [7, 11) is 0. The van der Waals surface area contributed by atoms with Crippen molar-refractivity contribution in [2.24, 2.45) is 0 Å². The molecule has 0 radical (unpaired) electrons. The first-order chi connectivity index (χ1) is 10.2. The molecule has 21 heavy (non-hydrogen) atoms. The molecule has 3 rings (SSSR count). The number of fused-ring (bicyclic) bond motifs is 1. The van der Waals surface area contributed by atoms with Crippen LogP contribution in [0.1, 0.15) is 23.5 Å². The molecule has 0 aromatic heterocycles. The van der Waals surface area contributed by atoms with E-state index < -0.39 is 11.9 Å². The number of carbonyl (C=O) groups is 1. The van der Waals surface area contributed by atoms with E-state index in [4.69, 9.17) is 0 Å². The minimum Gasteiger partial charge on any atom is -0.481 e. The van der Waals surface area contributed by atoms with Crippen molar-refractivity contribution < 1.29 is 9.90 Å². The second-order valence-corrected chi connectivity index (χ2v) is 6.11. The van der Waals surface area contributed by atoms with Crippen molar-refractivity contribution in [1.29, 1.82) is 0 Å². The Morgan fingerprint density at radius 2 is 1.90 bits per heavy atom. The molecule has 1 atom stereocenters. The predicted molar refractivity (Wildman–Crippen MR) is 86.6 cm³/mol. The molecule has 1 aliphatic rings. The van der Waals surface area contributed by atoms with Gasteiger partial charge in [-0.15, -0.1) is 0 Å². The average molecular weight is 346 g/mol. The third-order valence-electron chi connectivity index (χ3n) is 3.96. The van der Waals surface area contributed by atoms with E-state index in [0.717, 1.165) is 28.8 Å². The number of anilines is 1. The molecule has 0 saturated heterocycles. The number of halogens is 1. The number of hydrogen-bond acceptors (Lipinski definition) is 2. The summed E-state index contributed by atoms with van der Waals surface area (Å²) in [6.07, 6.45) is 0.650. The van der Waals surface area contributed by atoms with Crippen LogP contribution in [-0.4, -0.2) is 17.6 Å². The maximum atomic E-state index is 11.4. The fraction of sp³-hybridized carbons (Fsp3) is 0.235. The highest BCUT2D eigenvalue weighted by molar-refractivity contribution is 9.10. The molecular weight excluding hydrogens is 330 g/mol. The zero-order valence-corrected chi connectivity index (χ0v) is 13.1. The molecule has 0 bridgehead atoms. The number of carboxylic acids is 1. The highest BCUT2D eigenvalue weighted by Gasteiger charge is 2.29. The number of nitrogens with zero attached hydrogens (tertiary/aromatic N) is 1. The lowest BCUT2D eigenvalue weighted by molar-refractivity contribution is -0.139. The van der Waals surface area contributed by atoms with Crippen LogP contribution in [-0.2, 0) is 11.3 Å². The van der Waals surface area contributed by atoms with Crippen LogP contribution in [0.5, 0.6) is 0 Å². The van der Waals surface area contributed by atoms with Crippen molar-refractivity contribution in [3.8, 4) is 0 Å². The Balaban J connectivity index is 1.93. The average Bonchev–Trinajstić information content (AvgIpc) is 2.49. The van der Waals surface area contributed by atoms with Gasteiger partial charge in [0.05, 0.1) is 5.92 Å². The van der Waals surface area contributed by atoms with E-state index in [9.17, 15) is 9.90 Å². The summed E-state index contributed by atoms with van der Waals surface area (Å²) in [5.74, 6) is -1.13. The molecule has 0 spiro atoms. The summed E-state index contributed by atoms with van der Waals surface area (Å²) in [5.41, 5.74) is 3.16. The van der Waals surface area contributed by atoms with Crippen LogP contribution in [0.15, 0.2) is 53.0 Å². The maximum Gasteiger partial charge on any atom is 0.311 e. The van der Waals surface area contributed by atoms with Crippen LogP contribution in [0.4, 0.5) is 5.69 Å². The van der Waals surface area contributed by atoms with Gasteiger partial charge in [-0.3, -0.25) is 4.79 Å². The van der Waals surface area contributed by atoms with E-state index in [1.54, 1.807) is 0 Å². The summed E-state index contributed by atoms with van der Waals surface area (Å²) >= 11 is 3.58. The smallest absolute Gasteiger partial charge is 0.311 e. The van der Waals surface area contributed by atoms with Crippen LogP contribution in [0.25, 0.3) is 0 Å². The molecule has 1 unspecified atom stereocenters. The Morgan fingerprint density at radius 1 is 1.19 bits per heavy atom. The zero-order valence-electron chi connectivity index (χ0n) is 11.5. The molecule has 0 saturated carbocycles. The lowest BCUT2D eigenvalue weighted by Gasteiger charge is -2.34. The van der Waals surface area contributed by atoms with Crippen molar-refractivity contribution in [3.63, 3.8) is 0 Å². The van der Waals surface area contributed by atoms with Gasteiger partial charge in [0.25, 0.3) is 0 Å². The molecule has 1 aliphatic heterocycles. The maximum absolute atomic E-state index is 11.4. The van der Waals surface area contributed by atoms with E-state index in [2.05, 4.69) is 26.9 Å². The summed E-state index contributed by atoms with van der Waals surface area (Å²) in [6, 6.07) is 16.0. The quantitative estimate of drug-likeness (QED) is 0.912. The standard InChI is InChI=1S/C17H16BrNO2/c18-15-7-3-1-5-12(15)11-19-10-9-14(17(20)21)13-6-2-4-8-16(13)19/h1-8,14H,9-11H2,(H,20,21). The Hall–Kier alpha value is -1.81. The second kappa shape index (κ2) is 5.90. The molecule has 4 heteroatoms. The monoisotopic (exact) mass is 345 g/mol. The Kier molecular flexibility index (Phi) is 3.97. The van der Waals surface area contributed by atoms with Gasteiger partial charge < -0.3 is 10.0 Å². The summed E-state index contributed by atoms with van der Waals surface area (Å²) in [6.45, 7) is 1.54. The fourth-order valence-electron chi connectivity index (χ4n) is 2.88. The van der Waals surface area contributed by atoms with Crippen LogP contribution < -0.4 is 4.90 Å². The van der Waals surface area contributed by atoms with Gasteiger partial charge in [-0.05, 0) is 29.7 Å². The normalized spacial score (nSPS) is 17.4. The van der Waals surface area contributed by atoms with Crippen molar-refractivity contribution in [2.75, 3.05) is 11.4 Å². The van der Waals surface area contributed by atoms with Gasteiger partial charge in [-0.1, -0.05) is 52.3 Å². The first kappa shape index (κ1) is 14.1. The predicted octanol–water partition coefficient (Wildman–Crippen LogP) is 4.03. The van der Waals surface area contributed by atoms with Gasteiger partial charge in [0.15, 0.2) is 0 Å².